The van der Waals surface area contributed by atoms with Crippen LogP contribution in [0, 0.1) is 0 Å². The number of hydrogen-bond donors (Lipinski definition) is 0. The summed E-state index contributed by atoms with van der Waals surface area (Å²) in [6.45, 7) is 0. The molecule has 0 amide bonds. The van der Waals surface area contributed by atoms with Gasteiger partial charge >= 0.3 is 0 Å². The van der Waals surface area contributed by atoms with Crippen LogP contribution in [0.25, 0.3) is 99.9 Å². The molecule has 0 bridgehead atoms. The van der Waals surface area contributed by atoms with E-state index >= 15 is 0 Å². The van der Waals surface area contributed by atoms with Gasteiger partial charge in [-0.1, -0.05) is 199 Å². The molecule has 0 aliphatic carbocycles. The monoisotopic (exact) mass is 719 g/mol. The topological polar surface area (TPSA) is 38.7 Å². The van der Waals surface area contributed by atoms with Gasteiger partial charge in [-0.15, -0.1) is 0 Å². The van der Waals surface area contributed by atoms with Crippen LogP contribution >= 0.6 is 0 Å². The van der Waals surface area contributed by atoms with Gasteiger partial charge in [-0.2, -0.15) is 0 Å². The van der Waals surface area contributed by atoms with E-state index in [1.54, 1.807) is 0 Å². The zero-order valence-electron chi connectivity index (χ0n) is 58.9. The number of hydrogen-bond acceptors (Lipinski definition) is 3. The van der Waals surface area contributed by atoms with Crippen molar-refractivity contribution in [2.75, 3.05) is 0 Å². The van der Waals surface area contributed by atoms with Gasteiger partial charge in [0.25, 0.3) is 0 Å². The molecule has 0 N–H and O–H groups in total. The Morgan fingerprint density at radius 1 is 0.278 bits per heavy atom. The summed E-state index contributed by atoms with van der Waals surface area (Å²) in [6.07, 6.45) is 0. The summed E-state index contributed by atoms with van der Waals surface area (Å²) in [5, 5.41) is -3.69. The molecule has 0 radical (unpaired) electrons. The lowest BCUT2D eigenvalue weighted by atomic mass is 9.84. The van der Waals surface area contributed by atoms with Crippen molar-refractivity contribution in [1.82, 2.24) is 15.0 Å². The molecule has 0 aliphatic rings. The molecule has 10 aromatic rings. The lowest BCUT2D eigenvalue weighted by Crippen LogP contribution is -2.00. The van der Waals surface area contributed by atoms with E-state index in [0.717, 1.165) is 6.07 Å². The van der Waals surface area contributed by atoms with Crippen molar-refractivity contribution in [3.8, 4) is 67.5 Å². The Kier molecular flexibility index (Phi) is 3.15. The molecule has 3 nitrogen and oxygen atoms in total. The SMILES string of the molecule is [2H]c1c([2H])c([2H])c(-c2nc(-c3c([2H])c([2H])c(-c4c([2H])c([2H])c([2H])c([2H])c4[2H])c([2H])c3[2H])nc(-c3c([2H])c([2H])c(-c4c5c([2H])c([2H])c([2H])c([2H])c5c(-c5c([2H])c([2H])c([2H])c([2H])c5[2H])c5cc([2H])c6c([2H])c([2H])c([2H])c([2H])c6c45)c([2H])c3[2H])n2)c([2H])c1[2H]. The highest BCUT2D eigenvalue weighted by molar-refractivity contribution is 6.27. The van der Waals surface area contributed by atoms with Gasteiger partial charge < -0.3 is 0 Å². The maximum absolute atomic E-state index is 9.83. The van der Waals surface area contributed by atoms with E-state index in [9.17, 15) is 13.7 Å². The normalized spacial score (nSPS) is 19.6. The van der Waals surface area contributed by atoms with Crippen molar-refractivity contribution in [3.63, 3.8) is 0 Å². The third-order valence-corrected chi connectivity index (χ3v) is 8.08. The van der Waals surface area contributed by atoms with Crippen LogP contribution in [0.15, 0.2) is 199 Å². The second-order valence-corrected chi connectivity index (χ2v) is 11.1. The number of nitrogens with zero attached hydrogens (tertiary/aromatic N) is 3. The number of fused-ring (bicyclic) bond motifs is 4. The van der Waals surface area contributed by atoms with Crippen LogP contribution in [0.2, 0.25) is 0 Å². The fourth-order valence-electron chi connectivity index (χ4n) is 5.79. The van der Waals surface area contributed by atoms with Gasteiger partial charge in [0.15, 0.2) is 17.5 Å². The summed E-state index contributed by atoms with van der Waals surface area (Å²) >= 11 is 0. The van der Waals surface area contributed by atoms with Gasteiger partial charge in [0.1, 0.15) is 0 Å². The maximum Gasteiger partial charge on any atom is 0.164 e. The molecule has 9 aromatic carbocycles. The van der Waals surface area contributed by atoms with E-state index in [-0.39, 0.29) is 0 Å². The van der Waals surface area contributed by atoms with Crippen LogP contribution in [0.4, 0.5) is 0 Å². The molecule has 10 rings (SSSR count). The zero-order valence-corrected chi connectivity index (χ0v) is 26.9. The molecule has 0 saturated heterocycles. The Labute approximate surface area is 358 Å². The molecule has 0 aliphatic heterocycles. The minimum absolute atomic E-state index is 0.498. The summed E-state index contributed by atoms with van der Waals surface area (Å²) < 4.78 is 285. The fourth-order valence-corrected chi connectivity index (χ4v) is 5.79. The summed E-state index contributed by atoms with van der Waals surface area (Å²) in [7, 11) is 0. The van der Waals surface area contributed by atoms with Crippen LogP contribution in [0.5, 0.6) is 0 Å². The molecular weight excluding hydrogens is 655 g/mol. The van der Waals surface area contributed by atoms with Crippen molar-refractivity contribution in [3.05, 3.63) is 199 Å². The largest absolute Gasteiger partial charge is 0.208 e. The van der Waals surface area contributed by atoms with Gasteiger partial charge in [0.05, 0.1) is 43.9 Å². The lowest BCUT2D eigenvalue weighted by molar-refractivity contribution is 1.07. The van der Waals surface area contributed by atoms with Gasteiger partial charge in [-0.25, -0.2) is 15.0 Å². The quantitative estimate of drug-likeness (QED) is 0.127. The average Bonchev–Trinajstić information content (AvgIpc) is 1.57. The average molecular weight is 720 g/mol. The predicted molar refractivity (Wildman–Crippen MR) is 225 cm³/mol. The van der Waals surface area contributed by atoms with Crippen LogP contribution in [0.3, 0.4) is 0 Å². The Bertz CT molecular complexity index is 4710. The van der Waals surface area contributed by atoms with Gasteiger partial charge in [0.2, 0.25) is 0 Å². The molecule has 54 heavy (non-hydrogen) atoms. The fraction of sp³-hybridized carbons (Fsp3) is 0. The van der Waals surface area contributed by atoms with E-state index in [1.807, 2.05) is 0 Å². The maximum atomic E-state index is 9.83. The number of benzene rings is 9. The smallest absolute Gasteiger partial charge is 0.164 e. The molecule has 1 heterocycles. The molecular formula is C51H33N3. The predicted octanol–water partition coefficient (Wildman–Crippen LogP) is 13.3. The molecule has 0 unspecified atom stereocenters. The molecule has 0 saturated carbocycles. The zero-order chi connectivity index (χ0) is 63.7. The summed E-state index contributed by atoms with van der Waals surface area (Å²) in [4.78, 5) is 12.8. The van der Waals surface area contributed by atoms with E-state index in [2.05, 4.69) is 15.0 Å². The van der Waals surface area contributed by atoms with Gasteiger partial charge in [-0.05, 0) is 65.7 Å². The molecule has 1 aromatic heterocycles. The molecule has 3 heteroatoms. The van der Waals surface area contributed by atoms with Crippen LogP contribution < -0.4 is 0 Å². The first kappa shape index (κ1) is 12.7. The number of aromatic nitrogens is 3. The second kappa shape index (κ2) is 13.4. The van der Waals surface area contributed by atoms with Gasteiger partial charge in [-0.3, -0.25) is 0 Å². The van der Waals surface area contributed by atoms with Crippen LogP contribution in [0.1, 0.15) is 43.9 Å². The first-order valence-corrected chi connectivity index (χ1v) is 15.7. The third kappa shape index (κ3) is 5.60. The first-order valence-electron chi connectivity index (χ1n) is 31.7. The molecule has 252 valence electrons. The first-order chi connectivity index (χ1) is 40.1. The van der Waals surface area contributed by atoms with E-state index in [1.165, 1.54) is 0 Å². The van der Waals surface area contributed by atoms with E-state index in [0.29, 0.717) is 0 Å². The summed E-state index contributed by atoms with van der Waals surface area (Å²) in [5.74, 6) is -2.86. The highest BCUT2D eigenvalue weighted by Gasteiger charge is 2.19. The van der Waals surface area contributed by atoms with E-state index in [4.69, 9.17) is 30.2 Å². The Hall–Kier alpha value is -7.23. The lowest BCUT2D eigenvalue weighted by Gasteiger charge is -2.19. The van der Waals surface area contributed by atoms with Crippen LogP contribution in [-0.4, -0.2) is 15.0 Å². The van der Waals surface area contributed by atoms with E-state index < -0.39 is 293 Å². The second-order valence-electron chi connectivity index (χ2n) is 11.1. The highest BCUT2D eigenvalue weighted by Crippen LogP contribution is 2.46. The van der Waals surface area contributed by atoms with Gasteiger partial charge in [0, 0.05) is 16.7 Å². The Balaban J connectivity index is 1.40. The minimum Gasteiger partial charge on any atom is -0.208 e. The van der Waals surface area contributed by atoms with Crippen molar-refractivity contribution >= 4 is 32.3 Å². The number of rotatable bonds is 6. The van der Waals surface area contributed by atoms with Crippen molar-refractivity contribution < 1.29 is 43.9 Å². The molecule has 0 atom stereocenters. The van der Waals surface area contributed by atoms with Crippen molar-refractivity contribution in [1.29, 1.82) is 0 Å². The van der Waals surface area contributed by atoms with Crippen LogP contribution in [-0.2, 0) is 0 Å². The van der Waals surface area contributed by atoms with Crippen molar-refractivity contribution in [2.24, 2.45) is 0 Å². The summed E-state index contributed by atoms with van der Waals surface area (Å²) in [5.41, 5.74) is -7.10. The summed E-state index contributed by atoms with van der Waals surface area (Å²) in [6, 6.07) is -30.0. The van der Waals surface area contributed by atoms with Crippen molar-refractivity contribution in [2.45, 2.75) is 0 Å². The standard InChI is InChI=1S/C51H33N3/c1-4-14-34(15-5-1)35-24-28-40(29-25-35)50-52-49(39-19-8-3-9-20-39)53-51(54-50)41-30-26-38(27-31-41)47-44-23-13-12-22-43(44)46(37-17-6-2-7-18-37)45-33-32-36-16-10-11-21-42(36)48(45)47/h1-33H/i1D,2D,3D,4D,5D,6D,7D,8D,9D,10D,11D,12D,13D,14D,15D,16D,17D,18D,19D,20D,21D,22D,23D,24D,25D,26D,27D,28D,29D,30D,31D,32D. The minimum atomic E-state index is -1.17. The highest BCUT2D eigenvalue weighted by atomic mass is 15.0. The molecule has 0 fully saturated rings. The third-order valence-electron chi connectivity index (χ3n) is 8.08. The Morgan fingerprint density at radius 3 is 1.22 bits per heavy atom. The molecule has 0 spiro atoms. The Morgan fingerprint density at radius 2 is 0.648 bits per heavy atom.